The van der Waals surface area contributed by atoms with Gasteiger partial charge in [-0.15, -0.1) is 10.2 Å². The van der Waals surface area contributed by atoms with Crippen LogP contribution in [0.4, 0.5) is 5.69 Å². The molecule has 0 aliphatic heterocycles. The number of thioether (sulfide) groups is 1. The van der Waals surface area contributed by atoms with Crippen LogP contribution in [-0.4, -0.2) is 38.0 Å². The molecule has 7 nitrogen and oxygen atoms in total. The average molecular weight is 482 g/mol. The number of aryl methyl sites for hydroxylation is 1. The van der Waals surface area contributed by atoms with Gasteiger partial charge in [-0.05, 0) is 51.8 Å². The number of nitrogens with one attached hydrogen (secondary N) is 1. The van der Waals surface area contributed by atoms with E-state index >= 15 is 0 Å². The quantitative estimate of drug-likeness (QED) is 0.291. The Morgan fingerprint density at radius 3 is 2.68 bits per heavy atom. The van der Waals surface area contributed by atoms with Crippen LogP contribution in [0.3, 0.4) is 0 Å². The molecule has 0 bridgehead atoms. The van der Waals surface area contributed by atoms with Crippen LogP contribution in [0.5, 0.6) is 5.75 Å². The van der Waals surface area contributed by atoms with E-state index < -0.39 is 0 Å². The third-order valence-corrected chi connectivity index (χ3v) is 7.66. The Morgan fingerprint density at radius 1 is 1.18 bits per heavy atom. The van der Waals surface area contributed by atoms with Crippen molar-refractivity contribution in [2.45, 2.75) is 77.2 Å². The summed E-state index contributed by atoms with van der Waals surface area (Å²) in [5, 5.41) is 13.3. The normalized spacial score (nSPS) is 14.4. The zero-order chi connectivity index (χ0) is 24.1. The number of anilines is 1. The molecule has 0 radical (unpaired) electrons. The highest BCUT2D eigenvalue weighted by molar-refractivity contribution is 7.99. The molecular formula is C26H35N5O2S. The second-order valence-corrected chi connectivity index (χ2v) is 9.83. The van der Waals surface area contributed by atoms with E-state index in [1.54, 1.807) is 7.11 Å². The van der Waals surface area contributed by atoms with Crippen molar-refractivity contribution < 1.29 is 9.53 Å². The van der Waals surface area contributed by atoms with Crippen LogP contribution in [0.1, 0.15) is 72.6 Å². The SMILES string of the molecule is CCn1c(C)cc(C(=O)CSc2nnc(CNc3cccc(OC)c3)n2C2CCCCC2)c1C. The standard InChI is InChI=1S/C26H35N5O2S/c1-5-30-18(2)14-23(19(30)3)24(32)17-34-26-29-28-25(31(26)21-11-7-6-8-12-21)16-27-20-10-9-13-22(15-20)33-4/h9-10,13-15,21,27H,5-8,11-12,16-17H2,1-4H3. The van der Waals surface area contributed by atoms with Crippen molar-refractivity contribution >= 4 is 23.2 Å². The lowest BCUT2D eigenvalue weighted by Crippen LogP contribution is -2.18. The predicted octanol–water partition coefficient (Wildman–Crippen LogP) is 5.82. The summed E-state index contributed by atoms with van der Waals surface area (Å²) in [6.45, 7) is 7.64. The first-order valence-electron chi connectivity index (χ1n) is 12.2. The molecule has 2 heterocycles. The van der Waals surface area contributed by atoms with Crippen LogP contribution in [0.2, 0.25) is 0 Å². The lowest BCUT2D eigenvalue weighted by Gasteiger charge is -2.25. The van der Waals surface area contributed by atoms with E-state index in [1.165, 1.54) is 31.0 Å². The van der Waals surface area contributed by atoms with E-state index in [9.17, 15) is 4.79 Å². The van der Waals surface area contributed by atoms with E-state index in [0.717, 1.165) is 58.8 Å². The lowest BCUT2D eigenvalue weighted by molar-refractivity contribution is 0.102. The first-order valence-corrected chi connectivity index (χ1v) is 13.1. The summed E-state index contributed by atoms with van der Waals surface area (Å²) < 4.78 is 9.80. The maximum atomic E-state index is 13.1. The van der Waals surface area contributed by atoms with E-state index in [1.807, 2.05) is 37.3 Å². The molecule has 1 aliphatic carbocycles. The fourth-order valence-corrected chi connectivity index (χ4v) is 5.83. The number of carbonyl (C=O) groups is 1. The largest absolute Gasteiger partial charge is 0.497 e. The number of aromatic nitrogens is 4. The minimum Gasteiger partial charge on any atom is -0.497 e. The summed E-state index contributed by atoms with van der Waals surface area (Å²) in [6, 6.07) is 10.3. The molecule has 0 unspecified atom stereocenters. The molecule has 1 N–H and O–H groups in total. The highest BCUT2D eigenvalue weighted by atomic mass is 32.2. The van der Waals surface area contributed by atoms with Gasteiger partial charge >= 0.3 is 0 Å². The molecule has 0 spiro atoms. The zero-order valence-corrected chi connectivity index (χ0v) is 21.5. The topological polar surface area (TPSA) is 74.0 Å². The van der Waals surface area contributed by atoms with Crippen molar-refractivity contribution in [1.29, 1.82) is 0 Å². The van der Waals surface area contributed by atoms with E-state index in [4.69, 9.17) is 4.74 Å². The molecule has 1 fully saturated rings. The number of methoxy groups -OCH3 is 1. The minimum absolute atomic E-state index is 0.145. The number of ether oxygens (including phenoxy) is 1. The third-order valence-electron chi connectivity index (χ3n) is 6.72. The molecule has 0 amide bonds. The van der Waals surface area contributed by atoms with Gasteiger partial charge in [0.25, 0.3) is 0 Å². The molecule has 8 heteroatoms. The first-order chi connectivity index (χ1) is 16.5. The smallest absolute Gasteiger partial charge is 0.191 e. The summed E-state index contributed by atoms with van der Waals surface area (Å²) in [6.07, 6.45) is 5.98. The molecule has 0 atom stereocenters. The number of Topliss-reactive ketones (excluding diaryl/α,β-unsaturated/α-hetero) is 1. The van der Waals surface area contributed by atoms with Gasteiger partial charge in [-0.2, -0.15) is 0 Å². The van der Waals surface area contributed by atoms with Crippen molar-refractivity contribution in [3.8, 4) is 5.75 Å². The predicted molar refractivity (Wildman–Crippen MR) is 137 cm³/mol. The minimum atomic E-state index is 0.145. The Labute approximate surface area is 206 Å². The van der Waals surface area contributed by atoms with Crippen LogP contribution in [0.15, 0.2) is 35.5 Å². The van der Waals surface area contributed by atoms with Crippen molar-refractivity contribution in [1.82, 2.24) is 19.3 Å². The van der Waals surface area contributed by atoms with Gasteiger partial charge < -0.3 is 19.2 Å². The number of rotatable bonds is 10. The van der Waals surface area contributed by atoms with Crippen molar-refractivity contribution in [3.05, 3.63) is 53.1 Å². The molecule has 4 rings (SSSR count). The Balaban J connectivity index is 1.51. The molecule has 34 heavy (non-hydrogen) atoms. The van der Waals surface area contributed by atoms with Gasteiger partial charge in [0.15, 0.2) is 16.8 Å². The summed E-state index contributed by atoms with van der Waals surface area (Å²) >= 11 is 1.51. The fourth-order valence-electron chi connectivity index (χ4n) is 4.92. The summed E-state index contributed by atoms with van der Waals surface area (Å²) in [5.41, 5.74) is 3.97. The number of nitrogens with zero attached hydrogens (tertiary/aromatic N) is 4. The van der Waals surface area contributed by atoms with E-state index in [2.05, 4.69) is 38.5 Å². The first kappa shape index (κ1) is 24.4. The molecular weight excluding hydrogens is 446 g/mol. The van der Waals surface area contributed by atoms with Crippen LogP contribution < -0.4 is 10.1 Å². The maximum absolute atomic E-state index is 13.1. The van der Waals surface area contributed by atoms with Gasteiger partial charge in [-0.1, -0.05) is 37.1 Å². The average Bonchev–Trinajstić information content (AvgIpc) is 3.41. The molecule has 1 aliphatic rings. The maximum Gasteiger partial charge on any atom is 0.191 e. The molecule has 2 aromatic heterocycles. The fraction of sp³-hybridized carbons (Fsp3) is 0.500. The lowest BCUT2D eigenvalue weighted by atomic mass is 9.95. The van der Waals surface area contributed by atoms with Gasteiger partial charge in [-0.25, -0.2) is 0 Å². The molecule has 1 aromatic carbocycles. The second-order valence-electron chi connectivity index (χ2n) is 8.89. The monoisotopic (exact) mass is 481 g/mol. The van der Waals surface area contributed by atoms with Crippen LogP contribution >= 0.6 is 11.8 Å². The van der Waals surface area contributed by atoms with Gasteiger partial charge in [0, 0.05) is 41.3 Å². The van der Waals surface area contributed by atoms with E-state index in [-0.39, 0.29) is 5.78 Å². The highest BCUT2D eigenvalue weighted by Gasteiger charge is 2.24. The number of hydrogen-bond donors (Lipinski definition) is 1. The number of ketones is 1. The third kappa shape index (κ3) is 5.32. The van der Waals surface area contributed by atoms with Gasteiger partial charge in [0.05, 0.1) is 19.4 Å². The van der Waals surface area contributed by atoms with Crippen molar-refractivity contribution in [3.63, 3.8) is 0 Å². The Hall–Kier alpha value is -2.74. The molecule has 1 saturated carbocycles. The number of hydrogen-bond acceptors (Lipinski definition) is 6. The van der Waals surface area contributed by atoms with Gasteiger partial charge in [-0.3, -0.25) is 4.79 Å². The van der Waals surface area contributed by atoms with Crippen molar-refractivity contribution in [2.75, 3.05) is 18.2 Å². The Morgan fingerprint density at radius 2 is 1.97 bits per heavy atom. The summed E-state index contributed by atoms with van der Waals surface area (Å²) in [5.74, 6) is 2.24. The Bertz CT molecular complexity index is 1130. The number of carbonyl (C=O) groups excluding carboxylic acids is 1. The van der Waals surface area contributed by atoms with Crippen LogP contribution in [0, 0.1) is 13.8 Å². The molecule has 182 valence electrons. The van der Waals surface area contributed by atoms with Gasteiger partial charge in [0.2, 0.25) is 0 Å². The molecule has 3 aromatic rings. The van der Waals surface area contributed by atoms with Crippen LogP contribution in [0.25, 0.3) is 0 Å². The molecule has 0 saturated heterocycles. The Kier molecular flexibility index (Phi) is 7.98. The summed E-state index contributed by atoms with van der Waals surface area (Å²) in [4.78, 5) is 13.1. The zero-order valence-electron chi connectivity index (χ0n) is 20.6. The number of benzene rings is 1. The second kappa shape index (κ2) is 11.1. The van der Waals surface area contributed by atoms with Gasteiger partial charge in [0.1, 0.15) is 5.75 Å². The summed E-state index contributed by atoms with van der Waals surface area (Å²) in [7, 11) is 1.67. The van der Waals surface area contributed by atoms with Crippen molar-refractivity contribution in [2.24, 2.45) is 0 Å². The van der Waals surface area contributed by atoms with Crippen LogP contribution in [-0.2, 0) is 13.1 Å². The van der Waals surface area contributed by atoms with E-state index in [0.29, 0.717) is 18.3 Å². The highest BCUT2D eigenvalue weighted by Crippen LogP contribution is 2.33.